The number of benzene rings is 4. The van der Waals surface area contributed by atoms with Crippen LogP contribution in [0.3, 0.4) is 0 Å². The van der Waals surface area contributed by atoms with Gasteiger partial charge >= 0.3 is 12.2 Å². The van der Waals surface area contributed by atoms with E-state index in [1.54, 1.807) is 36.4 Å². The monoisotopic (exact) mass is 529 g/mol. The molecule has 0 aliphatic rings. The summed E-state index contributed by atoms with van der Waals surface area (Å²) in [7, 11) is -4.10. The molecule has 0 heterocycles. The molecular weight excluding hydrogens is 510 g/mol. The number of nitrogens with one attached hydrogen (secondary N) is 3. The first-order chi connectivity index (χ1) is 17.5. The van der Waals surface area contributed by atoms with E-state index in [2.05, 4.69) is 15.4 Å². The number of carbonyl (C=O) groups excluding carboxylic acids is 1. The average Bonchev–Trinajstić information content (AvgIpc) is 2.84. The Hall–Kier alpha value is -4.38. The van der Waals surface area contributed by atoms with Gasteiger partial charge in [-0.25, -0.2) is 17.6 Å². The van der Waals surface area contributed by atoms with Crippen molar-refractivity contribution in [3.05, 3.63) is 108 Å². The lowest BCUT2D eigenvalue weighted by molar-refractivity contribution is -0.137. The van der Waals surface area contributed by atoms with Gasteiger partial charge in [0, 0.05) is 22.5 Å². The SMILES string of the molecule is O=C(Nc1cccc(C(F)(F)F)c1)Nc1cc(S(=O)(=O)Nc2ccccc2)ccc1-c1ccccc1F. The zero-order valence-corrected chi connectivity index (χ0v) is 19.7. The Kier molecular flexibility index (Phi) is 7.16. The van der Waals surface area contributed by atoms with E-state index in [0.717, 1.165) is 24.3 Å². The molecular formula is C26H19F4N3O3S. The first-order valence-electron chi connectivity index (χ1n) is 10.7. The van der Waals surface area contributed by atoms with Gasteiger partial charge in [-0.05, 0) is 48.5 Å². The molecule has 4 aromatic carbocycles. The van der Waals surface area contributed by atoms with Gasteiger partial charge in [0.1, 0.15) is 5.82 Å². The van der Waals surface area contributed by atoms with Gasteiger partial charge < -0.3 is 10.6 Å². The third-order valence-electron chi connectivity index (χ3n) is 5.19. The minimum absolute atomic E-state index is 0.0782. The number of para-hydroxylation sites is 1. The van der Waals surface area contributed by atoms with Crippen LogP contribution < -0.4 is 15.4 Å². The minimum atomic E-state index is -4.61. The smallest absolute Gasteiger partial charge is 0.308 e. The molecule has 11 heteroatoms. The Balaban J connectivity index is 1.68. The lowest BCUT2D eigenvalue weighted by Gasteiger charge is -2.16. The summed E-state index contributed by atoms with van der Waals surface area (Å²) < 4.78 is 81.9. The molecule has 0 radical (unpaired) electrons. The van der Waals surface area contributed by atoms with Crippen LogP contribution in [0.25, 0.3) is 11.1 Å². The Bertz CT molecular complexity index is 1540. The van der Waals surface area contributed by atoms with E-state index in [0.29, 0.717) is 5.69 Å². The normalized spacial score (nSPS) is 11.6. The fourth-order valence-corrected chi connectivity index (χ4v) is 4.57. The van der Waals surface area contributed by atoms with E-state index in [4.69, 9.17) is 0 Å². The molecule has 0 aliphatic heterocycles. The molecule has 0 spiro atoms. The third kappa shape index (κ3) is 6.25. The molecule has 6 nitrogen and oxygen atoms in total. The summed E-state index contributed by atoms with van der Waals surface area (Å²) in [4.78, 5) is 12.5. The average molecular weight is 530 g/mol. The van der Waals surface area contributed by atoms with Gasteiger partial charge in [-0.2, -0.15) is 13.2 Å². The molecule has 0 fully saturated rings. The predicted octanol–water partition coefficient (Wildman–Crippen LogP) is 6.96. The maximum absolute atomic E-state index is 14.6. The van der Waals surface area contributed by atoms with Crippen molar-refractivity contribution in [1.29, 1.82) is 0 Å². The van der Waals surface area contributed by atoms with Crippen LogP contribution in [0, 0.1) is 5.82 Å². The van der Waals surface area contributed by atoms with Crippen molar-refractivity contribution in [2.75, 3.05) is 15.4 Å². The lowest BCUT2D eigenvalue weighted by atomic mass is 10.0. The van der Waals surface area contributed by atoms with Crippen LogP contribution in [-0.4, -0.2) is 14.4 Å². The van der Waals surface area contributed by atoms with Gasteiger partial charge in [-0.1, -0.05) is 48.5 Å². The second-order valence-electron chi connectivity index (χ2n) is 7.82. The second kappa shape index (κ2) is 10.3. The Morgan fingerprint density at radius 3 is 2.08 bits per heavy atom. The zero-order chi connectivity index (χ0) is 26.6. The van der Waals surface area contributed by atoms with Gasteiger partial charge in [0.05, 0.1) is 16.1 Å². The van der Waals surface area contributed by atoms with Crippen LogP contribution in [-0.2, 0) is 16.2 Å². The fourth-order valence-electron chi connectivity index (χ4n) is 3.49. The first-order valence-corrected chi connectivity index (χ1v) is 12.2. The number of hydrogen-bond donors (Lipinski definition) is 3. The molecule has 0 atom stereocenters. The maximum Gasteiger partial charge on any atom is 0.416 e. The summed E-state index contributed by atoms with van der Waals surface area (Å²) in [6, 6.07) is 20.5. The molecule has 190 valence electrons. The number of alkyl halides is 3. The van der Waals surface area contributed by atoms with Crippen LogP contribution in [0.4, 0.5) is 39.4 Å². The van der Waals surface area contributed by atoms with Crippen molar-refractivity contribution < 1.29 is 30.8 Å². The van der Waals surface area contributed by atoms with Crippen molar-refractivity contribution in [2.45, 2.75) is 11.1 Å². The fraction of sp³-hybridized carbons (Fsp3) is 0.0385. The topological polar surface area (TPSA) is 87.3 Å². The van der Waals surface area contributed by atoms with Crippen molar-refractivity contribution in [2.24, 2.45) is 0 Å². The van der Waals surface area contributed by atoms with Crippen LogP contribution >= 0.6 is 0 Å². The molecule has 2 amide bonds. The van der Waals surface area contributed by atoms with Crippen molar-refractivity contribution in [1.82, 2.24) is 0 Å². The van der Waals surface area contributed by atoms with E-state index in [9.17, 15) is 30.8 Å². The Morgan fingerprint density at radius 1 is 0.703 bits per heavy atom. The Labute approximate surface area is 210 Å². The largest absolute Gasteiger partial charge is 0.416 e. The highest BCUT2D eigenvalue weighted by Crippen LogP contribution is 2.34. The van der Waals surface area contributed by atoms with Gasteiger partial charge in [-0.3, -0.25) is 4.72 Å². The van der Waals surface area contributed by atoms with Crippen LogP contribution in [0.1, 0.15) is 5.56 Å². The van der Waals surface area contributed by atoms with Crippen molar-refractivity contribution in [3.63, 3.8) is 0 Å². The molecule has 0 saturated carbocycles. The summed E-state index contributed by atoms with van der Waals surface area (Å²) in [6.07, 6.45) is -4.61. The van der Waals surface area contributed by atoms with Gasteiger partial charge in [0.15, 0.2) is 0 Å². The van der Waals surface area contributed by atoms with Gasteiger partial charge in [0.25, 0.3) is 10.0 Å². The Morgan fingerprint density at radius 2 is 1.38 bits per heavy atom. The minimum Gasteiger partial charge on any atom is -0.308 e. The van der Waals surface area contributed by atoms with E-state index in [1.807, 2.05) is 0 Å². The van der Waals surface area contributed by atoms with Crippen LogP contribution in [0.15, 0.2) is 102 Å². The predicted molar refractivity (Wildman–Crippen MR) is 133 cm³/mol. The second-order valence-corrected chi connectivity index (χ2v) is 9.50. The van der Waals surface area contributed by atoms with Gasteiger partial charge in [0.2, 0.25) is 0 Å². The quantitative estimate of drug-likeness (QED) is 0.236. The highest BCUT2D eigenvalue weighted by Gasteiger charge is 2.30. The number of sulfonamides is 1. The van der Waals surface area contributed by atoms with Crippen LogP contribution in [0.5, 0.6) is 0 Å². The van der Waals surface area contributed by atoms with E-state index >= 15 is 0 Å². The van der Waals surface area contributed by atoms with Crippen molar-refractivity contribution >= 4 is 33.1 Å². The number of hydrogen-bond acceptors (Lipinski definition) is 3. The van der Waals surface area contributed by atoms with Crippen molar-refractivity contribution in [3.8, 4) is 11.1 Å². The lowest BCUT2D eigenvalue weighted by Crippen LogP contribution is -2.21. The molecule has 4 rings (SSSR count). The van der Waals surface area contributed by atoms with E-state index < -0.39 is 33.6 Å². The standard InChI is InChI=1S/C26H19F4N3O3S/c27-23-12-5-4-11-21(23)22-14-13-20(37(35,36)33-18-8-2-1-3-9-18)16-24(22)32-25(34)31-19-10-6-7-17(15-19)26(28,29)30/h1-16,33H,(H2,31,32,34). The van der Waals surface area contributed by atoms with E-state index in [1.165, 1.54) is 36.4 Å². The number of urea groups is 1. The summed E-state index contributed by atoms with van der Waals surface area (Å²) in [6.45, 7) is 0. The summed E-state index contributed by atoms with van der Waals surface area (Å²) in [5.41, 5.74) is -0.637. The number of halogens is 4. The van der Waals surface area contributed by atoms with Crippen LogP contribution in [0.2, 0.25) is 0 Å². The molecule has 37 heavy (non-hydrogen) atoms. The number of anilines is 3. The molecule has 4 aromatic rings. The molecule has 0 aliphatic carbocycles. The summed E-state index contributed by atoms with van der Waals surface area (Å²) in [5, 5.41) is 4.71. The third-order valence-corrected chi connectivity index (χ3v) is 6.57. The number of rotatable bonds is 6. The first kappa shape index (κ1) is 25.7. The highest BCUT2D eigenvalue weighted by atomic mass is 32.2. The number of carbonyl (C=O) groups is 1. The zero-order valence-electron chi connectivity index (χ0n) is 18.9. The highest BCUT2D eigenvalue weighted by molar-refractivity contribution is 7.92. The molecule has 3 N–H and O–H groups in total. The molecule has 0 saturated heterocycles. The summed E-state index contributed by atoms with van der Waals surface area (Å²) >= 11 is 0. The molecule has 0 bridgehead atoms. The maximum atomic E-state index is 14.6. The van der Waals surface area contributed by atoms with E-state index in [-0.39, 0.29) is 27.4 Å². The van der Waals surface area contributed by atoms with Gasteiger partial charge in [-0.15, -0.1) is 0 Å². The molecule has 0 unspecified atom stereocenters. The summed E-state index contributed by atoms with van der Waals surface area (Å²) in [5.74, 6) is -0.623. The molecule has 0 aromatic heterocycles. The number of amides is 2.